The van der Waals surface area contributed by atoms with Crippen LogP contribution in [0.25, 0.3) is 0 Å². The molecule has 0 aliphatic carbocycles. The van der Waals surface area contributed by atoms with Gasteiger partial charge in [0.2, 0.25) is 0 Å². The summed E-state index contributed by atoms with van der Waals surface area (Å²) in [5.41, 5.74) is 0. The summed E-state index contributed by atoms with van der Waals surface area (Å²) in [5, 5.41) is 8.35. The van der Waals surface area contributed by atoms with Crippen LogP contribution in [0.5, 0.6) is 0 Å². The Morgan fingerprint density at radius 1 is 1.07 bits per heavy atom. The van der Waals surface area contributed by atoms with Crippen LogP contribution in [0.2, 0.25) is 0 Å². The van der Waals surface area contributed by atoms with Crippen molar-refractivity contribution >= 4 is 17.4 Å². The average Bonchev–Trinajstić information content (AvgIpc) is 3.53. The third-order valence-electron chi connectivity index (χ3n) is 6.50. The van der Waals surface area contributed by atoms with Crippen LogP contribution in [-0.2, 0) is 0 Å². The van der Waals surface area contributed by atoms with E-state index in [1.165, 1.54) is 30.6 Å². The van der Waals surface area contributed by atoms with Gasteiger partial charge >= 0.3 is 6.03 Å². The number of piperidine rings is 1. The Kier molecular flexibility index (Phi) is 7.47. The second-order valence-corrected chi connectivity index (χ2v) is 9.59. The lowest BCUT2D eigenvalue weighted by atomic mass is 9.97. The van der Waals surface area contributed by atoms with Crippen molar-refractivity contribution in [3.8, 4) is 0 Å². The Morgan fingerprint density at radius 3 is 2.40 bits per heavy atom. The van der Waals surface area contributed by atoms with Gasteiger partial charge in [0.05, 0.1) is 18.3 Å². The Hall–Kier alpha value is -1.83. The number of urea groups is 1. The van der Waals surface area contributed by atoms with Gasteiger partial charge < -0.3 is 15.1 Å². The highest BCUT2D eigenvalue weighted by molar-refractivity contribution is 7.10. The van der Waals surface area contributed by atoms with E-state index in [1.54, 1.807) is 17.6 Å². The molecule has 0 bridgehead atoms. The standard InChI is InChI=1S/C23H34N4O2S/c1-18-8-12-27(13-9-18)20(22-7-5-15-30-22)17-25-23(28)24-16-19(21-6-4-14-29-21)26-10-2-3-11-26/h4-7,14-15,18-20H,2-3,8-13,16-17H2,1H3,(H2,24,25,28). The van der Waals surface area contributed by atoms with E-state index in [0.717, 1.165) is 37.9 Å². The topological polar surface area (TPSA) is 60.8 Å². The molecule has 2 aliphatic rings. The number of furan rings is 1. The SMILES string of the molecule is CC1CCN(C(CNC(=O)NCC(c2ccco2)N2CCCC2)c2cccs2)CC1. The van der Waals surface area contributed by atoms with Crippen molar-refractivity contribution < 1.29 is 9.21 Å². The first-order chi connectivity index (χ1) is 14.7. The fraction of sp³-hybridized carbons (Fsp3) is 0.609. The first-order valence-corrected chi connectivity index (χ1v) is 12.2. The molecule has 2 atom stereocenters. The monoisotopic (exact) mass is 430 g/mol. The number of hydrogen-bond acceptors (Lipinski definition) is 5. The molecule has 2 fully saturated rings. The molecule has 2 aromatic rings. The van der Waals surface area contributed by atoms with Crippen LogP contribution in [0.3, 0.4) is 0 Å². The Morgan fingerprint density at radius 2 is 1.77 bits per heavy atom. The zero-order valence-corrected chi connectivity index (χ0v) is 18.7. The number of carbonyl (C=O) groups excluding carboxylic acids is 1. The number of rotatable bonds is 8. The van der Waals surface area contributed by atoms with Gasteiger partial charge in [-0.25, -0.2) is 4.79 Å². The summed E-state index contributed by atoms with van der Waals surface area (Å²) in [7, 11) is 0. The van der Waals surface area contributed by atoms with Gasteiger partial charge in [-0.1, -0.05) is 13.0 Å². The summed E-state index contributed by atoms with van der Waals surface area (Å²) in [6.45, 7) is 7.84. The Bertz CT molecular complexity index is 750. The van der Waals surface area contributed by atoms with E-state index in [0.29, 0.717) is 13.1 Å². The Labute approximate surface area is 183 Å². The summed E-state index contributed by atoms with van der Waals surface area (Å²) in [6, 6.07) is 8.47. The number of likely N-dealkylation sites (tertiary alicyclic amines) is 2. The van der Waals surface area contributed by atoms with Crippen LogP contribution in [-0.4, -0.2) is 55.1 Å². The smallest absolute Gasteiger partial charge is 0.314 e. The predicted molar refractivity (Wildman–Crippen MR) is 121 cm³/mol. The van der Waals surface area contributed by atoms with Gasteiger partial charge in [-0.05, 0) is 81.4 Å². The number of hydrogen-bond donors (Lipinski definition) is 2. The molecular formula is C23H34N4O2S. The molecule has 2 N–H and O–H groups in total. The molecule has 2 unspecified atom stereocenters. The maximum atomic E-state index is 12.7. The zero-order valence-electron chi connectivity index (χ0n) is 17.9. The van der Waals surface area contributed by atoms with Gasteiger partial charge in [-0.2, -0.15) is 0 Å². The molecule has 0 radical (unpaired) electrons. The molecule has 0 saturated carbocycles. The van der Waals surface area contributed by atoms with Crippen LogP contribution in [0.15, 0.2) is 40.3 Å². The Balaban J connectivity index is 1.32. The summed E-state index contributed by atoms with van der Waals surface area (Å²) in [6.07, 6.45) is 6.59. The van der Waals surface area contributed by atoms with Crippen LogP contribution in [0, 0.1) is 5.92 Å². The lowest BCUT2D eigenvalue weighted by Crippen LogP contribution is -2.46. The quantitative estimate of drug-likeness (QED) is 0.657. The minimum atomic E-state index is -0.0994. The number of nitrogens with zero attached hydrogens (tertiary/aromatic N) is 2. The molecule has 164 valence electrons. The largest absolute Gasteiger partial charge is 0.468 e. The van der Waals surface area contributed by atoms with Crippen molar-refractivity contribution in [2.24, 2.45) is 5.92 Å². The van der Waals surface area contributed by atoms with Gasteiger partial charge in [0, 0.05) is 18.0 Å². The maximum Gasteiger partial charge on any atom is 0.314 e. The van der Waals surface area contributed by atoms with Crippen molar-refractivity contribution in [2.45, 2.75) is 44.7 Å². The van der Waals surface area contributed by atoms with E-state index in [9.17, 15) is 4.79 Å². The summed E-state index contributed by atoms with van der Waals surface area (Å²) >= 11 is 1.78. The van der Waals surface area contributed by atoms with Crippen molar-refractivity contribution in [1.29, 1.82) is 0 Å². The lowest BCUT2D eigenvalue weighted by Gasteiger charge is -2.36. The van der Waals surface area contributed by atoms with Gasteiger partial charge in [0.1, 0.15) is 5.76 Å². The van der Waals surface area contributed by atoms with E-state index >= 15 is 0 Å². The number of nitrogens with one attached hydrogen (secondary N) is 2. The highest BCUT2D eigenvalue weighted by atomic mass is 32.1. The third kappa shape index (κ3) is 5.45. The lowest BCUT2D eigenvalue weighted by molar-refractivity contribution is 0.137. The normalized spacial score (nSPS) is 20.8. The molecule has 2 aliphatic heterocycles. The van der Waals surface area contributed by atoms with Crippen LogP contribution >= 0.6 is 11.3 Å². The number of thiophene rings is 1. The molecule has 0 aromatic carbocycles. The molecule has 4 heterocycles. The molecule has 4 rings (SSSR count). The summed E-state index contributed by atoms with van der Waals surface area (Å²) < 4.78 is 5.66. The average molecular weight is 431 g/mol. The van der Waals surface area contributed by atoms with Crippen LogP contribution in [0.4, 0.5) is 4.79 Å². The van der Waals surface area contributed by atoms with E-state index < -0.39 is 0 Å². The first-order valence-electron chi connectivity index (χ1n) is 11.3. The predicted octanol–water partition coefficient (Wildman–Crippen LogP) is 4.25. The van der Waals surface area contributed by atoms with Crippen LogP contribution in [0.1, 0.15) is 55.3 Å². The molecule has 6 nitrogen and oxygen atoms in total. The highest BCUT2D eigenvalue weighted by Crippen LogP contribution is 2.29. The minimum Gasteiger partial charge on any atom is -0.468 e. The molecule has 2 aromatic heterocycles. The van der Waals surface area contributed by atoms with E-state index in [1.807, 2.05) is 12.1 Å². The second kappa shape index (κ2) is 10.5. The van der Waals surface area contributed by atoms with Crippen molar-refractivity contribution in [3.63, 3.8) is 0 Å². The maximum absolute atomic E-state index is 12.7. The van der Waals surface area contributed by atoms with Crippen molar-refractivity contribution in [1.82, 2.24) is 20.4 Å². The first kappa shape index (κ1) is 21.4. The molecule has 30 heavy (non-hydrogen) atoms. The zero-order chi connectivity index (χ0) is 20.8. The van der Waals surface area contributed by atoms with E-state index in [2.05, 4.69) is 44.9 Å². The molecule has 2 saturated heterocycles. The summed E-state index contributed by atoms with van der Waals surface area (Å²) in [5.74, 6) is 1.72. The van der Waals surface area contributed by atoms with E-state index in [4.69, 9.17) is 4.42 Å². The molecule has 7 heteroatoms. The van der Waals surface area contributed by atoms with Crippen molar-refractivity contribution in [3.05, 3.63) is 46.5 Å². The summed E-state index contributed by atoms with van der Waals surface area (Å²) in [4.78, 5) is 18.9. The number of amides is 2. The van der Waals surface area contributed by atoms with Gasteiger partial charge in [0.25, 0.3) is 0 Å². The molecular weight excluding hydrogens is 396 g/mol. The molecule has 2 amide bonds. The van der Waals surface area contributed by atoms with Gasteiger partial charge in [-0.15, -0.1) is 11.3 Å². The van der Waals surface area contributed by atoms with Crippen LogP contribution < -0.4 is 10.6 Å². The molecule has 0 spiro atoms. The second-order valence-electron chi connectivity index (χ2n) is 8.61. The highest BCUT2D eigenvalue weighted by Gasteiger charge is 2.27. The third-order valence-corrected chi connectivity index (χ3v) is 7.47. The fourth-order valence-electron chi connectivity index (χ4n) is 4.62. The number of carbonyl (C=O) groups is 1. The van der Waals surface area contributed by atoms with Crippen molar-refractivity contribution in [2.75, 3.05) is 39.3 Å². The van der Waals surface area contributed by atoms with Gasteiger partial charge in [-0.3, -0.25) is 9.80 Å². The minimum absolute atomic E-state index is 0.0994. The fourth-order valence-corrected chi connectivity index (χ4v) is 5.48. The van der Waals surface area contributed by atoms with E-state index in [-0.39, 0.29) is 18.1 Å². The van der Waals surface area contributed by atoms with Gasteiger partial charge in [0.15, 0.2) is 0 Å².